The Labute approximate surface area is 150 Å². The van der Waals surface area contributed by atoms with Crippen LogP contribution >= 0.6 is 0 Å². The van der Waals surface area contributed by atoms with Crippen LogP contribution in [0.15, 0.2) is 66.9 Å². The van der Waals surface area contributed by atoms with Gasteiger partial charge in [0.25, 0.3) is 0 Å². The van der Waals surface area contributed by atoms with Gasteiger partial charge in [0.2, 0.25) is 5.95 Å². The molecule has 0 aliphatic carbocycles. The molecule has 4 N–H and O–H groups in total. The predicted octanol–water partition coefficient (Wildman–Crippen LogP) is 3.06. The third-order valence-electron chi connectivity index (χ3n) is 3.70. The molecule has 0 bridgehead atoms. The van der Waals surface area contributed by atoms with Crippen LogP contribution in [-0.2, 0) is 0 Å². The number of aliphatic hydroxyl groups is 1. The van der Waals surface area contributed by atoms with Crippen LogP contribution in [0, 0.1) is 0 Å². The molecular formula is C19H18N4O3. The molecule has 2 aromatic carbocycles. The van der Waals surface area contributed by atoms with Crippen molar-refractivity contribution < 1.29 is 15.0 Å². The van der Waals surface area contributed by atoms with Gasteiger partial charge in [-0.15, -0.1) is 0 Å². The van der Waals surface area contributed by atoms with Gasteiger partial charge >= 0.3 is 5.97 Å². The van der Waals surface area contributed by atoms with Gasteiger partial charge in [0, 0.05) is 18.4 Å². The highest BCUT2D eigenvalue weighted by atomic mass is 16.4. The Bertz CT molecular complexity index is 869. The van der Waals surface area contributed by atoms with E-state index < -0.39 is 12.1 Å². The smallest absolute Gasteiger partial charge is 0.335 e. The quantitative estimate of drug-likeness (QED) is 0.519. The Hall–Kier alpha value is -3.45. The van der Waals surface area contributed by atoms with Crippen molar-refractivity contribution in [1.29, 1.82) is 0 Å². The van der Waals surface area contributed by atoms with Crippen molar-refractivity contribution in [3.63, 3.8) is 0 Å². The highest BCUT2D eigenvalue weighted by Crippen LogP contribution is 2.17. The molecule has 1 atom stereocenters. The number of nitrogens with one attached hydrogen (secondary N) is 2. The fourth-order valence-corrected chi connectivity index (χ4v) is 2.34. The van der Waals surface area contributed by atoms with Crippen LogP contribution in [0.2, 0.25) is 0 Å². The number of hydrogen-bond donors (Lipinski definition) is 4. The van der Waals surface area contributed by atoms with E-state index in [2.05, 4.69) is 20.6 Å². The van der Waals surface area contributed by atoms with Gasteiger partial charge in [-0.25, -0.2) is 9.78 Å². The van der Waals surface area contributed by atoms with E-state index in [-0.39, 0.29) is 5.56 Å². The van der Waals surface area contributed by atoms with Crippen molar-refractivity contribution >= 4 is 23.4 Å². The van der Waals surface area contributed by atoms with E-state index in [0.717, 1.165) is 5.56 Å². The van der Waals surface area contributed by atoms with Crippen molar-refractivity contribution in [2.75, 3.05) is 17.2 Å². The third-order valence-corrected chi connectivity index (χ3v) is 3.70. The molecule has 0 amide bonds. The van der Waals surface area contributed by atoms with Crippen LogP contribution in [0.3, 0.4) is 0 Å². The topological polar surface area (TPSA) is 107 Å². The van der Waals surface area contributed by atoms with E-state index in [4.69, 9.17) is 5.11 Å². The second kappa shape index (κ2) is 8.09. The van der Waals surface area contributed by atoms with Gasteiger partial charge in [0.15, 0.2) is 0 Å². The van der Waals surface area contributed by atoms with E-state index in [0.29, 0.717) is 24.0 Å². The van der Waals surface area contributed by atoms with Crippen molar-refractivity contribution in [2.45, 2.75) is 6.10 Å². The van der Waals surface area contributed by atoms with Crippen LogP contribution in [0.25, 0.3) is 0 Å². The summed E-state index contributed by atoms with van der Waals surface area (Å²) in [5.74, 6) is -0.0390. The fourth-order valence-electron chi connectivity index (χ4n) is 2.34. The molecule has 0 spiro atoms. The summed E-state index contributed by atoms with van der Waals surface area (Å²) in [7, 11) is 0. The van der Waals surface area contributed by atoms with E-state index in [1.165, 1.54) is 12.1 Å². The standard InChI is InChI=1S/C19H18N4O3/c24-16(13-4-2-1-3-5-13)12-21-17-10-11-20-19(23-17)22-15-8-6-14(7-9-15)18(25)26/h1-11,16,24H,12H2,(H,25,26)(H2,20,21,22,23). The zero-order valence-corrected chi connectivity index (χ0v) is 13.8. The first-order valence-corrected chi connectivity index (χ1v) is 8.02. The minimum Gasteiger partial charge on any atom is -0.478 e. The lowest BCUT2D eigenvalue weighted by molar-refractivity contribution is 0.0697. The number of carboxylic acids is 1. The summed E-state index contributed by atoms with van der Waals surface area (Å²) in [6.45, 7) is 0.313. The van der Waals surface area contributed by atoms with Crippen molar-refractivity contribution in [1.82, 2.24) is 9.97 Å². The molecule has 1 heterocycles. The number of carboxylic acid groups (broad SMARTS) is 1. The number of anilines is 3. The van der Waals surface area contributed by atoms with Gasteiger partial charge in [-0.05, 0) is 35.9 Å². The summed E-state index contributed by atoms with van der Waals surface area (Å²) >= 11 is 0. The number of hydrogen-bond acceptors (Lipinski definition) is 6. The molecule has 0 saturated carbocycles. The number of aromatic nitrogens is 2. The van der Waals surface area contributed by atoms with Crippen LogP contribution in [-0.4, -0.2) is 32.7 Å². The van der Waals surface area contributed by atoms with Crippen molar-refractivity contribution in [3.05, 3.63) is 78.0 Å². The molecule has 3 aromatic rings. The summed E-state index contributed by atoms with van der Waals surface area (Å²) in [5, 5.41) is 25.2. The monoisotopic (exact) mass is 350 g/mol. The maximum Gasteiger partial charge on any atom is 0.335 e. The minimum absolute atomic E-state index is 0.210. The first-order chi connectivity index (χ1) is 12.6. The van der Waals surface area contributed by atoms with Crippen molar-refractivity contribution in [2.24, 2.45) is 0 Å². The van der Waals surface area contributed by atoms with Crippen LogP contribution in [0.4, 0.5) is 17.5 Å². The largest absolute Gasteiger partial charge is 0.478 e. The minimum atomic E-state index is -0.976. The highest BCUT2D eigenvalue weighted by Gasteiger charge is 2.08. The lowest BCUT2D eigenvalue weighted by Gasteiger charge is -2.13. The number of aliphatic hydroxyl groups excluding tert-OH is 1. The van der Waals surface area contributed by atoms with Crippen LogP contribution in [0.1, 0.15) is 22.0 Å². The zero-order chi connectivity index (χ0) is 18.4. The Morgan fingerprint density at radius 2 is 1.77 bits per heavy atom. The van der Waals surface area contributed by atoms with Crippen LogP contribution in [0.5, 0.6) is 0 Å². The van der Waals surface area contributed by atoms with Gasteiger partial charge in [0.05, 0.1) is 11.7 Å². The lowest BCUT2D eigenvalue weighted by atomic mass is 10.1. The second-order valence-corrected chi connectivity index (χ2v) is 5.58. The summed E-state index contributed by atoms with van der Waals surface area (Å²) in [6.07, 6.45) is 0.948. The molecule has 7 heteroatoms. The van der Waals surface area contributed by atoms with Gasteiger partial charge in [-0.2, -0.15) is 4.98 Å². The number of rotatable bonds is 7. The van der Waals surface area contributed by atoms with Gasteiger partial charge < -0.3 is 20.8 Å². The molecule has 0 radical (unpaired) electrons. The summed E-state index contributed by atoms with van der Waals surface area (Å²) in [4.78, 5) is 19.3. The normalized spacial score (nSPS) is 11.6. The van der Waals surface area contributed by atoms with Gasteiger partial charge in [0.1, 0.15) is 5.82 Å². The second-order valence-electron chi connectivity index (χ2n) is 5.58. The lowest BCUT2D eigenvalue weighted by Crippen LogP contribution is -2.13. The Morgan fingerprint density at radius 1 is 1.04 bits per heavy atom. The molecule has 1 aromatic heterocycles. The summed E-state index contributed by atoms with van der Waals surface area (Å²) in [5.41, 5.74) is 1.71. The van der Waals surface area contributed by atoms with Crippen molar-refractivity contribution in [3.8, 4) is 0 Å². The molecule has 26 heavy (non-hydrogen) atoms. The molecular weight excluding hydrogens is 332 g/mol. The molecule has 0 aliphatic heterocycles. The molecule has 0 aliphatic rings. The average Bonchev–Trinajstić information content (AvgIpc) is 2.67. The molecule has 3 rings (SSSR count). The fraction of sp³-hybridized carbons (Fsp3) is 0.105. The van der Waals surface area contributed by atoms with Gasteiger partial charge in [-0.3, -0.25) is 0 Å². The molecule has 7 nitrogen and oxygen atoms in total. The molecule has 132 valence electrons. The van der Waals surface area contributed by atoms with E-state index in [1.807, 2.05) is 30.3 Å². The Morgan fingerprint density at radius 3 is 2.46 bits per heavy atom. The van der Waals surface area contributed by atoms with E-state index >= 15 is 0 Å². The first-order valence-electron chi connectivity index (χ1n) is 8.02. The SMILES string of the molecule is O=C(O)c1ccc(Nc2nccc(NCC(O)c3ccccc3)n2)cc1. The van der Waals surface area contributed by atoms with Crippen LogP contribution < -0.4 is 10.6 Å². The maximum atomic E-state index is 10.9. The van der Waals surface area contributed by atoms with Gasteiger partial charge in [-0.1, -0.05) is 30.3 Å². The molecule has 0 saturated heterocycles. The number of carbonyl (C=O) groups is 1. The number of benzene rings is 2. The van der Waals surface area contributed by atoms with E-state index in [1.54, 1.807) is 24.4 Å². The Kier molecular flexibility index (Phi) is 5.40. The average molecular weight is 350 g/mol. The zero-order valence-electron chi connectivity index (χ0n) is 13.8. The highest BCUT2D eigenvalue weighted by molar-refractivity contribution is 5.88. The van der Waals surface area contributed by atoms with E-state index in [9.17, 15) is 9.90 Å². The third kappa shape index (κ3) is 4.55. The maximum absolute atomic E-state index is 10.9. The Balaban J connectivity index is 1.62. The summed E-state index contributed by atoms with van der Waals surface area (Å²) in [6, 6.07) is 17.4. The molecule has 0 fully saturated rings. The molecule has 1 unspecified atom stereocenters. The number of aromatic carboxylic acids is 1. The summed E-state index contributed by atoms with van der Waals surface area (Å²) < 4.78 is 0. The number of nitrogens with zero attached hydrogens (tertiary/aromatic N) is 2. The first kappa shape index (κ1) is 17.4. The predicted molar refractivity (Wildman–Crippen MR) is 98.6 cm³/mol.